The van der Waals surface area contributed by atoms with E-state index in [2.05, 4.69) is 6.07 Å². The first-order valence-corrected chi connectivity index (χ1v) is 10.5. The van der Waals surface area contributed by atoms with Gasteiger partial charge in [0.05, 0.1) is 5.69 Å². The van der Waals surface area contributed by atoms with Crippen LogP contribution in [0.5, 0.6) is 11.5 Å². The van der Waals surface area contributed by atoms with Gasteiger partial charge in [-0.25, -0.2) is 9.37 Å². The Morgan fingerprint density at radius 2 is 1.72 bits per heavy atom. The predicted molar refractivity (Wildman–Crippen MR) is 118 cm³/mol. The predicted octanol–water partition coefficient (Wildman–Crippen LogP) is 6.98. The maximum absolute atomic E-state index is 13.2. The van der Waals surface area contributed by atoms with E-state index < -0.39 is 0 Å². The van der Waals surface area contributed by atoms with Crippen LogP contribution in [0.15, 0.2) is 77.7 Å². The van der Waals surface area contributed by atoms with Gasteiger partial charge in [-0.05, 0) is 54.0 Å². The molecule has 4 aromatic rings. The van der Waals surface area contributed by atoms with Gasteiger partial charge in [-0.1, -0.05) is 48.5 Å². The normalized spacial score (nSPS) is 13.1. The van der Waals surface area contributed by atoms with Crippen molar-refractivity contribution >= 4 is 34.8 Å². The lowest BCUT2D eigenvalue weighted by atomic mass is 10.1. The highest BCUT2D eigenvalue weighted by Crippen LogP contribution is 2.41. The summed E-state index contributed by atoms with van der Waals surface area (Å²) in [6.07, 6.45) is 5.00. The second kappa shape index (κ2) is 7.72. The molecule has 0 aliphatic carbocycles. The molecule has 0 saturated carbocycles. The number of pyridine rings is 1. The minimum atomic E-state index is -0.231. The van der Waals surface area contributed by atoms with Gasteiger partial charge in [0.1, 0.15) is 17.1 Å². The Bertz CT molecular complexity index is 1200. The Hall–Kier alpha value is -3.11. The van der Waals surface area contributed by atoms with Gasteiger partial charge < -0.3 is 4.74 Å². The summed E-state index contributed by atoms with van der Waals surface area (Å²) in [4.78, 5) is 6.26. The van der Waals surface area contributed by atoms with Crippen molar-refractivity contribution in [1.29, 1.82) is 0 Å². The molecule has 1 aromatic heterocycles. The first-order valence-electron chi connectivity index (χ1n) is 9.53. The quantitative estimate of drug-likeness (QED) is 0.369. The summed E-state index contributed by atoms with van der Waals surface area (Å²) >= 11 is 1.87. The molecule has 5 rings (SSSR count). The highest BCUT2D eigenvalue weighted by Gasteiger charge is 2.21. The van der Waals surface area contributed by atoms with Gasteiger partial charge >= 0.3 is 0 Å². The molecule has 4 heteroatoms. The number of para-hydroxylation sites is 2. The van der Waals surface area contributed by atoms with Crippen LogP contribution in [0.3, 0.4) is 0 Å². The smallest absolute Gasteiger partial charge is 0.153 e. The number of aromatic nitrogens is 1. The maximum atomic E-state index is 13.2. The maximum Gasteiger partial charge on any atom is 0.153 e. The minimum Gasteiger partial charge on any atom is -0.455 e. The number of halogens is 1. The van der Waals surface area contributed by atoms with E-state index in [0.717, 1.165) is 45.8 Å². The molecular weight excluding hydrogens is 381 g/mol. The molecule has 3 aromatic carbocycles. The van der Waals surface area contributed by atoms with Crippen molar-refractivity contribution in [3.05, 3.63) is 95.4 Å². The summed E-state index contributed by atoms with van der Waals surface area (Å²) in [6.45, 7) is 0. The monoisotopic (exact) mass is 399 g/mol. The molecule has 0 unspecified atom stereocenters. The fraction of sp³-hybridized carbons (Fsp3) is 0.0800. The molecular formula is C25H18FNOS. The second-order valence-electron chi connectivity index (χ2n) is 6.86. The topological polar surface area (TPSA) is 22.1 Å². The van der Waals surface area contributed by atoms with Crippen LogP contribution < -0.4 is 4.74 Å². The Balaban J connectivity index is 1.61. The number of hydrogen-bond acceptors (Lipinski definition) is 3. The number of ether oxygens (including phenoxy) is 1. The Labute approximate surface area is 173 Å². The molecule has 29 heavy (non-hydrogen) atoms. The lowest BCUT2D eigenvalue weighted by Gasteiger charge is -2.12. The number of rotatable bonds is 4. The van der Waals surface area contributed by atoms with Crippen LogP contribution in [-0.2, 0) is 6.42 Å². The highest BCUT2D eigenvalue weighted by atomic mass is 32.2. The van der Waals surface area contributed by atoms with Gasteiger partial charge in [0.15, 0.2) is 5.75 Å². The van der Waals surface area contributed by atoms with E-state index in [-0.39, 0.29) is 5.82 Å². The van der Waals surface area contributed by atoms with E-state index in [1.165, 1.54) is 22.6 Å². The molecule has 2 nitrogen and oxygen atoms in total. The average Bonchev–Trinajstić information content (AvgIpc) is 3.25. The van der Waals surface area contributed by atoms with Crippen LogP contribution in [0.25, 0.3) is 23.1 Å². The van der Waals surface area contributed by atoms with Crippen molar-refractivity contribution in [3.63, 3.8) is 0 Å². The van der Waals surface area contributed by atoms with E-state index in [4.69, 9.17) is 9.72 Å². The highest BCUT2D eigenvalue weighted by molar-refractivity contribution is 7.99. The molecule has 1 aliphatic rings. The molecule has 2 heterocycles. The largest absolute Gasteiger partial charge is 0.455 e. The molecule has 0 fully saturated rings. The second-order valence-corrected chi connectivity index (χ2v) is 7.96. The van der Waals surface area contributed by atoms with Crippen LogP contribution in [0, 0.1) is 5.82 Å². The molecule has 142 valence electrons. The Kier molecular flexibility index (Phi) is 4.78. The van der Waals surface area contributed by atoms with E-state index in [0.29, 0.717) is 0 Å². The number of fused-ring (bicyclic) bond motifs is 3. The summed E-state index contributed by atoms with van der Waals surface area (Å²) in [5.74, 6) is 2.36. The molecule has 0 amide bonds. The molecule has 0 bridgehead atoms. The van der Waals surface area contributed by atoms with Gasteiger partial charge in [0.25, 0.3) is 0 Å². The molecule has 0 radical (unpaired) electrons. The lowest BCUT2D eigenvalue weighted by molar-refractivity contribution is 0.487. The van der Waals surface area contributed by atoms with Crippen LogP contribution >= 0.6 is 11.8 Å². The van der Waals surface area contributed by atoms with Crippen molar-refractivity contribution in [1.82, 2.24) is 4.98 Å². The molecule has 0 saturated heterocycles. The third-order valence-electron chi connectivity index (χ3n) is 4.93. The number of thioether (sulfide) groups is 1. The summed E-state index contributed by atoms with van der Waals surface area (Å²) < 4.78 is 19.3. The van der Waals surface area contributed by atoms with E-state index >= 15 is 0 Å². The van der Waals surface area contributed by atoms with Crippen molar-refractivity contribution in [3.8, 4) is 11.5 Å². The fourth-order valence-corrected chi connectivity index (χ4v) is 4.75. The van der Waals surface area contributed by atoms with Gasteiger partial charge in [0, 0.05) is 16.0 Å². The Morgan fingerprint density at radius 3 is 2.55 bits per heavy atom. The van der Waals surface area contributed by atoms with Crippen LogP contribution in [0.4, 0.5) is 4.39 Å². The van der Waals surface area contributed by atoms with Gasteiger partial charge in [-0.3, -0.25) is 0 Å². The molecule has 1 aliphatic heterocycles. The van der Waals surface area contributed by atoms with Gasteiger partial charge in [0.2, 0.25) is 0 Å². The lowest BCUT2D eigenvalue weighted by Crippen LogP contribution is -1.96. The summed E-state index contributed by atoms with van der Waals surface area (Å²) in [5.41, 5.74) is 4.04. The molecule has 0 spiro atoms. The van der Waals surface area contributed by atoms with E-state index in [9.17, 15) is 4.39 Å². The molecule has 0 atom stereocenters. The zero-order chi connectivity index (χ0) is 19.6. The van der Waals surface area contributed by atoms with Gasteiger partial charge in [-0.2, -0.15) is 0 Å². The van der Waals surface area contributed by atoms with Crippen LogP contribution in [-0.4, -0.2) is 10.7 Å². The number of hydrogen-bond donors (Lipinski definition) is 0. The first-order chi connectivity index (χ1) is 14.3. The SMILES string of the molecule is Fc1ccc(/C=C/c2nc3c(Oc4ccccc4)cccc3c3c2CCS3)cc1. The third kappa shape index (κ3) is 3.64. The van der Waals surface area contributed by atoms with Crippen molar-refractivity contribution in [2.75, 3.05) is 5.75 Å². The van der Waals surface area contributed by atoms with Crippen LogP contribution in [0.2, 0.25) is 0 Å². The standard InChI is InChI=1S/C25H18FNOS/c26-18-12-9-17(10-13-18)11-14-22-20-15-16-29-25(20)21-7-4-8-23(24(21)27-22)28-19-5-2-1-3-6-19/h1-14H,15-16H2/b14-11+. The third-order valence-corrected chi connectivity index (χ3v) is 6.10. The minimum absolute atomic E-state index is 0.231. The number of benzene rings is 3. The summed E-state index contributed by atoms with van der Waals surface area (Å²) in [6, 6.07) is 22.3. The van der Waals surface area contributed by atoms with Crippen molar-refractivity contribution in [2.45, 2.75) is 11.3 Å². The zero-order valence-corrected chi connectivity index (χ0v) is 16.5. The van der Waals surface area contributed by atoms with E-state index in [1.54, 1.807) is 12.1 Å². The van der Waals surface area contributed by atoms with E-state index in [1.807, 2.05) is 66.4 Å². The fourth-order valence-electron chi connectivity index (χ4n) is 3.53. The average molecular weight is 399 g/mol. The van der Waals surface area contributed by atoms with Gasteiger partial charge in [-0.15, -0.1) is 11.8 Å². The summed E-state index contributed by atoms with van der Waals surface area (Å²) in [7, 11) is 0. The number of nitrogens with zero attached hydrogens (tertiary/aromatic N) is 1. The first kappa shape index (κ1) is 18.0. The summed E-state index contributed by atoms with van der Waals surface area (Å²) in [5, 5.41) is 1.13. The van der Waals surface area contributed by atoms with Crippen molar-refractivity contribution < 1.29 is 9.13 Å². The molecule has 0 N–H and O–H groups in total. The zero-order valence-electron chi connectivity index (χ0n) is 15.6. The Morgan fingerprint density at radius 1 is 0.897 bits per heavy atom. The van der Waals surface area contributed by atoms with Crippen LogP contribution in [0.1, 0.15) is 16.8 Å². The van der Waals surface area contributed by atoms with Crippen molar-refractivity contribution in [2.24, 2.45) is 0 Å².